The number of ether oxygens (including phenoxy) is 1. The van der Waals surface area contributed by atoms with Gasteiger partial charge < -0.3 is 15.0 Å². The smallest absolute Gasteiger partial charge is 0.422 e. The molecule has 0 unspecified atom stereocenters. The van der Waals surface area contributed by atoms with Gasteiger partial charge in [0, 0.05) is 29.8 Å². The number of hydrogen-bond donors (Lipinski definition) is 1. The SMILES string of the molecule is O=C(/C=C/c1ccc(N2CCCC2=O)cc1)Nc1cc(Cl)ccc1OCC(F)(F)F. The average molecular weight is 439 g/mol. The number of benzene rings is 2. The average Bonchev–Trinajstić information content (AvgIpc) is 3.11. The standard InChI is InChI=1S/C21H18ClF3N2O3/c22-15-6-9-18(30-13-21(23,24)25)17(12-15)26-19(28)10-5-14-3-7-16(8-4-14)27-11-1-2-20(27)29/h3-10,12H,1-2,11,13H2,(H,26,28)/b10-5+. The zero-order chi connectivity index (χ0) is 21.7. The Morgan fingerprint density at radius 3 is 2.57 bits per heavy atom. The second-order valence-corrected chi connectivity index (χ2v) is 7.04. The van der Waals surface area contributed by atoms with E-state index in [4.69, 9.17) is 16.3 Å². The van der Waals surface area contributed by atoms with Gasteiger partial charge in [-0.05, 0) is 48.4 Å². The fourth-order valence-electron chi connectivity index (χ4n) is 2.92. The van der Waals surface area contributed by atoms with Crippen LogP contribution in [0, 0.1) is 0 Å². The van der Waals surface area contributed by atoms with E-state index in [1.807, 2.05) is 0 Å². The number of alkyl halides is 3. The van der Waals surface area contributed by atoms with Crippen LogP contribution in [0.15, 0.2) is 48.5 Å². The Morgan fingerprint density at radius 1 is 1.20 bits per heavy atom. The van der Waals surface area contributed by atoms with E-state index in [0.717, 1.165) is 17.7 Å². The maximum atomic E-state index is 12.4. The van der Waals surface area contributed by atoms with E-state index in [2.05, 4.69) is 5.32 Å². The molecule has 0 bridgehead atoms. The monoisotopic (exact) mass is 438 g/mol. The predicted molar refractivity (Wildman–Crippen MR) is 109 cm³/mol. The largest absolute Gasteiger partial charge is 0.482 e. The van der Waals surface area contributed by atoms with Crippen molar-refractivity contribution in [2.45, 2.75) is 19.0 Å². The third-order valence-electron chi connectivity index (χ3n) is 4.30. The number of halogens is 4. The molecule has 1 N–H and O–H groups in total. The van der Waals surface area contributed by atoms with Gasteiger partial charge in [-0.2, -0.15) is 13.2 Å². The van der Waals surface area contributed by atoms with Gasteiger partial charge in [-0.15, -0.1) is 0 Å². The second-order valence-electron chi connectivity index (χ2n) is 6.61. The van der Waals surface area contributed by atoms with Gasteiger partial charge in [0.15, 0.2) is 6.61 Å². The summed E-state index contributed by atoms with van der Waals surface area (Å²) in [6.07, 6.45) is -0.346. The summed E-state index contributed by atoms with van der Waals surface area (Å²) in [5.74, 6) is -0.617. The van der Waals surface area contributed by atoms with E-state index in [1.165, 1.54) is 24.3 Å². The van der Waals surface area contributed by atoms with Gasteiger partial charge >= 0.3 is 6.18 Å². The second kappa shape index (κ2) is 9.21. The molecule has 1 fully saturated rings. The fourth-order valence-corrected chi connectivity index (χ4v) is 3.09. The molecule has 2 aromatic carbocycles. The Hall–Kier alpha value is -3.00. The number of nitrogens with one attached hydrogen (secondary N) is 1. The molecule has 30 heavy (non-hydrogen) atoms. The summed E-state index contributed by atoms with van der Waals surface area (Å²) >= 11 is 5.87. The molecule has 1 aliphatic heterocycles. The van der Waals surface area contributed by atoms with Gasteiger partial charge in [0.2, 0.25) is 11.8 Å². The lowest BCUT2D eigenvalue weighted by Crippen LogP contribution is -2.23. The minimum absolute atomic E-state index is 0.0318. The Kier molecular flexibility index (Phi) is 6.66. The normalized spacial score (nSPS) is 14.4. The van der Waals surface area contributed by atoms with E-state index < -0.39 is 18.7 Å². The molecule has 1 heterocycles. The zero-order valence-corrected chi connectivity index (χ0v) is 16.5. The molecule has 0 aliphatic carbocycles. The zero-order valence-electron chi connectivity index (χ0n) is 15.7. The molecule has 3 rings (SSSR count). The van der Waals surface area contributed by atoms with Crippen molar-refractivity contribution in [3.05, 3.63) is 59.1 Å². The van der Waals surface area contributed by atoms with Crippen LogP contribution in [0.1, 0.15) is 18.4 Å². The first-order chi connectivity index (χ1) is 14.2. The Bertz CT molecular complexity index is 959. The summed E-state index contributed by atoms with van der Waals surface area (Å²) in [5.41, 5.74) is 1.55. The van der Waals surface area contributed by atoms with Crippen molar-refractivity contribution >= 4 is 40.9 Å². The first kappa shape index (κ1) is 21.7. The van der Waals surface area contributed by atoms with Crippen LogP contribution < -0.4 is 15.0 Å². The van der Waals surface area contributed by atoms with Crippen LogP contribution in [0.5, 0.6) is 5.75 Å². The van der Waals surface area contributed by atoms with E-state index >= 15 is 0 Å². The fraction of sp³-hybridized carbons (Fsp3) is 0.238. The number of anilines is 2. The molecule has 1 saturated heterocycles. The van der Waals surface area contributed by atoms with Crippen molar-refractivity contribution in [2.75, 3.05) is 23.4 Å². The van der Waals surface area contributed by atoms with Crippen LogP contribution >= 0.6 is 11.6 Å². The lowest BCUT2D eigenvalue weighted by Gasteiger charge is -2.15. The third kappa shape index (κ3) is 6.00. The highest BCUT2D eigenvalue weighted by Crippen LogP contribution is 2.30. The third-order valence-corrected chi connectivity index (χ3v) is 4.53. The van der Waals surface area contributed by atoms with Gasteiger partial charge in [0.05, 0.1) is 5.69 Å². The van der Waals surface area contributed by atoms with Gasteiger partial charge in [0.1, 0.15) is 5.75 Å². The molecule has 5 nitrogen and oxygen atoms in total. The predicted octanol–water partition coefficient (Wildman–Crippen LogP) is 5.06. The Balaban J connectivity index is 1.64. The molecule has 0 atom stereocenters. The maximum absolute atomic E-state index is 12.4. The molecule has 1 aliphatic rings. The summed E-state index contributed by atoms with van der Waals surface area (Å²) in [5, 5.41) is 2.70. The lowest BCUT2D eigenvalue weighted by atomic mass is 10.2. The number of carbonyl (C=O) groups is 2. The molecular weight excluding hydrogens is 421 g/mol. The minimum Gasteiger partial charge on any atom is -0.482 e. The molecular formula is C21H18ClF3N2O3. The first-order valence-electron chi connectivity index (χ1n) is 9.10. The van der Waals surface area contributed by atoms with Crippen LogP contribution in [0.3, 0.4) is 0 Å². The van der Waals surface area contributed by atoms with E-state index in [9.17, 15) is 22.8 Å². The van der Waals surface area contributed by atoms with Crippen molar-refractivity contribution in [2.24, 2.45) is 0 Å². The van der Waals surface area contributed by atoms with Gasteiger partial charge in [-0.3, -0.25) is 9.59 Å². The van der Waals surface area contributed by atoms with Crippen molar-refractivity contribution in [1.29, 1.82) is 0 Å². The summed E-state index contributed by atoms with van der Waals surface area (Å²) in [6.45, 7) is -0.798. The summed E-state index contributed by atoms with van der Waals surface area (Å²) in [6, 6.07) is 11.0. The lowest BCUT2D eigenvalue weighted by molar-refractivity contribution is -0.153. The van der Waals surface area contributed by atoms with E-state index in [0.29, 0.717) is 13.0 Å². The number of carbonyl (C=O) groups excluding carboxylic acids is 2. The van der Waals surface area contributed by atoms with Crippen molar-refractivity contribution < 1.29 is 27.5 Å². The molecule has 0 aromatic heterocycles. The Labute approximate surface area is 176 Å². The quantitative estimate of drug-likeness (QED) is 0.641. The van der Waals surface area contributed by atoms with Crippen molar-refractivity contribution in [1.82, 2.24) is 0 Å². The highest BCUT2D eigenvalue weighted by molar-refractivity contribution is 6.31. The first-order valence-corrected chi connectivity index (χ1v) is 9.48. The van der Waals surface area contributed by atoms with Crippen LogP contribution in [0.2, 0.25) is 5.02 Å². The highest BCUT2D eigenvalue weighted by atomic mass is 35.5. The topological polar surface area (TPSA) is 58.6 Å². The van der Waals surface area contributed by atoms with Crippen molar-refractivity contribution in [3.63, 3.8) is 0 Å². The van der Waals surface area contributed by atoms with Gasteiger partial charge in [-0.1, -0.05) is 23.7 Å². The van der Waals surface area contributed by atoms with Gasteiger partial charge in [0.25, 0.3) is 0 Å². The van der Waals surface area contributed by atoms with E-state index in [1.54, 1.807) is 35.2 Å². The maximum Gasteiger partial charge on any atom is 0.422 e. The summed E-state index contributed by atoms with van der Waals surface area (Å²) in [7, 11) is 0. The molecule has 2 aromatic rings. The summed E-state index contributed by atoms with van der Waals surface area (Å²) in [4.78, 5) is 25.7. The highest BCUT2D eigenvalue weighted by Gasteiger charge is 2.29. The molecule has 158 valence electrons. The van der Waals surface area contributed by atoms with E-state index in [-0.39, 0.29) is 22.4 Å². The number of rotatable bonds is 6. The number of hydrogen-bond acceptors (Lipinski definition) is 3. The van der Waals surface area contributed by atoms with Crippen molar-refractivity contribution in [3.8, 4) is 5.75 Å². The molecule has 2 amide bonds. The molecule has 0 saturated carbocycles. The molecule has 0 radical (unpaired) electrons. The molecule has 0 spiro atoms. The van der Waals surface area contributed by atoms with Gasteiger partial charge in [-0.25, -0.2) is 0 Å². The number of amides is 2. The molecule has 9 heteroatoms. The number of nitrogens with zero attached hydrogens (tertiary/aromatic N) is 1. The van der Waals surface area contributed by atoms with Crippen LogP contribution in [-0.2, 0) is 9.59 Å². The summed E-state index contributed by atoms with van der Waals surface area (Å²) < 4.78 is 41.9. The van der Waals surface area contributed by atoms with Crippen LogP contribution in [-0.4, -0.2) is 31.1 Å². The van der Waals surface area contributed by atoms with Crippen LogP contribution in [0.25, 0.3) is 6.08 Å². The van der Waals surface area contributed by atoms with Crippen LogP contribution in [0.4, 0.5) is 24.5 Å². The Morgan fingerprint density at radius 2 is 1.93 bits per heavy atom. The minimum atomic E-state index is -4.51.